The fourth-order valence-electron chi connectivity index (χ4n) is 5.40. The van der Waals surface area contributed by atoms with E-state index in [4.69, 9.17) is 4.74 Å². The highest BCUT2D eigenvalue weighted by Crippen LogP contribution is 2.60. The fourth-order valence-corrected chi connectivity index (χ4v) is 5.40. The summed E-state index contributed by atoms with van der Waals surface area (Å²) in [5.41, 5.74) is 4.52. The largest absolute Gasteiger partial charge is 0.464 e. The van der Waals surface area contributed by atoms with Crippen LogP contribution in [0, 0.1) is 11.8 Å². The number of benzene rings is 2. The first-order valence-corrected chi connectivity index (χ1v) is 10.3. The Morgan fingerprint density at radius 1 is 0.862 bits per heavy atom. The molecule has 0 saturated carbocycles. The van der Waals surface area contributed by atoms with E-state index < -0.39 is 17.8 Å². The second-order valence-electron chi connectivity index (χ2n) is 8.10. The fraction of sp³-hybridized carbons (Fsp3) is 0.375. The van der Waals surface area contributed by atoms with Gasteiger partial charge in [-0.25, -0.2) is 0 Å². The summed E-state index contributed by atoms with van der Waals surface area (Å²) in [5.74, 6) is -2.18. The molecule has 0 N–H and O–H groups in total. The SMILES string of the molecule is CCCCOC(=O)CN1C(=O)[C@H]2C3c4ccccc4C(c4ccccc43)[C@@H]2C1=O. The maximum Gasteiger partial charge on any atom is 0.326 e. The third kappa shape index (κ3) is 2.56. The number of amides is 2. The summed E-state index contributed by atoms with van der Waals surface area (Å²) in [6.07, 6.45) is 1.69. The molecule has 0 unspecified atom stereocenters. The first-order chi connectivity index (χ1) is 14.1. The van der Waals surface area contributed by atoms with Crippen LogP contribution in [-0.4, -0.2) is 35.8 Å². The molecule has 4 aliphatic rings. The third-order valence-corrected chi connectivity index (χ3v) is 6.59. The molecule has 3 aliphatic carbocycles. The molecule has 6 rings (SSSR count). The Morgan fingerprint density at radius 3 is 1.72 bits per heavy atom. The minimum Gasteiger partial charge on any atom is -0.464 e. The second kappa shape index (κ2) is 6.83. The number of likely N-dealkylation sites (tertiary alicyclic amines) is 1. The quantitative estimate of drug-likeness (QED) is 0.447. The summed E-state index contributed by atoms with van der Waals surface area (Å²) >= 11 is 0. The predicted octanol–water partition coefficient (Wildman–Crippen LogP) is 3.22. The smallest absolute Gasteiger partial charge is 0.326 e. The van der Waals surface area contributed by atoms with E-state index in [2.05, 4.69) is 24.3 Å². The van der Waals surface area contributed by atoms with Crippen molar-refractivity contribution in [3.05, 3.63) is 70.8 Å². The topological polar surface area (TPSA) is 63.7 Å². The number of ether oxygens (including phenoxy) is 1. The van der Waals surface area contributed by atoms with Gasteiger partial charge in [-0.1, -0.05) is 61.9 Å². The van der Waals surface area contributed by atoms with Crippen molar-refractivity contribution in [3.63, 3.8) is 0 Å². The van der Waals surface area contributed by atoms with Crippen LogP contribution in [0.15, 0.2) is 48.5 Å². The van der Waals surface area contributed by atoms with Crippen LogP contribution >= 0.6 is 0 Å². The second-order valence-corrected chi connectivity index (χ2v) is 8.10. The van der Waals surface area contributed by atoms with E-state index in [0.717, 1.165) is 40.0 Å². The summed E-state index contributed by atoms with van der Waals surface area (Å²) in [4.78, 5) is 40.0. The summed E-state index contributed by atoms with van der Waals surface area (Å²) in [6, 6.07) is 16.2. The van der Waals surface area contributed by atoms with E-state index in [0.29, 0.717) is 6.61 Å². The van der Waals surface area contributed by atoms with Gasteiger partial charge in [0.25, 0.3) is 0 Å². The van der Waals surface area contributed by atoms with Crippen LogP contribution in [0.2, 0.25) is 0 Å². The average Bonchev–Trinajstić information content (AvgIpc) is 2.99. The molecule has 29 heavy (non-hydrogen) atoms. The molecule has 2 amide bonds. The Bertz CT molecular complexity index is 898. The van der Waals surface area contributed by atoms with E-state index >= 15 is 0 Å². The molecule has 1 heterocycles. The average molecular weight is 389 g/mol. The zero-order valence-electron chi connectivity index (χ0n) is 16.3. The molecule has 2 aromatic rings. The van der Waals surface area contributed by atoms with Crippen LogP contribution < -0.4 is 0 Å². The Kier molecular flexibility index (Phi) is 4.26. The van der Waals surface area contributed by atoms with Crippen LogP contribution in [0.4, 0.5) is 0 Å². The molecule has 0 spiro atoms. The maximum atomic E-state index is 13.3. The van der Waals surface area contributed by atoms with E-state index in [9.17, 15) is 14.4 Å². The minimum absolute atomic E-state index is 0.144. The summed E-state index contributed by atoms with van der Waals surface area (Å²) < 4.78 is 5.20. The van der Waals surface area contributed by atoms with Crippen molar-refractivity contribution in [3.8, 4) is 0 Å². The number of carbonyl (C=O) groups is 3. The normalized spacial score (nSPS) is 26.2. The van der Waals surface area contributed by atoms with E-state index in [-0.39, 0.29) is 30.2 Å². The lowest BCUT2D eigenvalue weighted by Crippen LogP contribution is -2.41. The van der Waals surface area contributed by atoms with Crippen LogP contribution in [0.1, 0.15) is 53.9 Å². The Hall–Kier alpha value is -2.95. The van der Waals surface area contributed by atoms with Crippen LogP contribution in [0.5, 0.6) is 0 Å². The minimum atomic E-state index is -0.513. The van der Waals surface area contributed by atoms with E-state index in [1.54, 1.807) is 0 Å². The number of carbonyl (C=O) groups excluding carboxylic acids is 3. The zero-order valence-corrected chi connectivity index (χ0v) is 16.3. The van der Waals surface area contributed by atoms with Gasteiger partial charge in [-0.05, 0) is 28.7 Å². The predicted molar refractivity (Wildman–Crippen MR) is 106 cm³/mol. The number of hydrogen-bond acceptors (Lipinski definition) is 4. The van der Waals surface area contributed by atoms with Crippen molar-refractivity contribution < 1.29 is 19.1 Å². The zero-order chi connectivity index (χ0) is 20.1. The Morgan fingerprint density at radius 2 is 1.31 bits per heavy atom. The van der Waals surface area contributed by atoms with Gasteiger partial charge in [-0.2, -0.15) is 0 Å². The molecule has 2 atom stereocenters. The Balaban J connectivity index is 1.52. The van der Waals surface area contributed by atoms with Crippen molar-refractivity contribution in [1.82, 2.24) is 4.90 Å². The number of unbranched alkanes of at least 4 members (excludes halogenated alkanes) is 1. The lowest BCUT2D eigenvalue weighted by atomic mass is 9.55. The standard InChI is InChI=1S/C24H23NO4/c1-2-3-12-29-18(26)13-25-23(27)21-19-14-8-4-5-9-15(14)20(22(21)24(25)28)17-11-7-6-10-16(17)19/h4-11,19-22H,2-3,12-13H2,1H3/t19?,20?,21-,22-/m0/s1. The van der Waals surface area contributed by atoms with Crippen molar-refractivity contribution in [2.75, 3.05) is 13.2 Å². The molecule has 5 heteroatoms. The Labute approximate surface area is 169 Å². The highest BCUT2D eigenvalue weighted by Gasteiger charge is 2.61. The molecule has 0 aromatic heterocycles. The summed E-state index contributed by atoms with van der Waals surface area (Å²) in [7, 11) is 0. The monoisotopic (exact) mass is 389 g/mol. The molecule has 5 nitrogen and oxygen atoms in total. The van der Waals surface area contributed by atoms with Crippen molar-refractivity contribution in [2.45, 2.75) is 31.6 Å². The molecule has 0 radical (unpaired) electrons. The van der Waals surface area contributed by atoms with Crippen molar-refractivity contribution >= 4 is 17.8 Å². The maximum absolute atomic E-state index is 13.3. The molecular weight excluding hydrogens is 366 g/mol. The molecule has 1 fully saturated rings. The first-order valence-electron chi connectivity index (χ1n) is 10.3. The van der Waals surface area contributed by atoms with Gasteiger partial charge in [0, 0.05) is 11.8 Å². The van der Waals surface area contributed by atoms with Gasteiger partial charge in [0.2, 0.25) is 11.8 Å². The molecule has 1 aliphatic heterocycles. The lowest BCUT2D eigenvalue weighted by Gasteiger charge is -2.45. The van der Waals surface area contributed by atoms with E-state index in [1.165, 1.54) is 0 Å². The third-order valence-electron chi connectivity index (χ3n) is 6.59. The van der Waals surface area contributed by atoms with Crippen LogP contribution in [0.3, 0.4) is 0 Å². The molecule has 2 aromatic carbocycles. The molecular formula is C24H23NO4. The number of nitrogens with zero attached hydrogens (tertiary/aromatic N) is 1. The highest BCUT2D eigenvalue weighted by atomic mass is 16.5. The van der Waals surface area contributed by atoms with Gasteiger partial charge in [-0.3, -0.25) is 19.3 Å². The highest BCUT2D eigenvalue weighted by molar-refractivity contribution is 6.09. The van der Waals surface area contributed by atoms with Crippen LogP contribution in [0.25, 0.3) is 0 Å². The molecule has 2 bridgehead atoms. The first kappa shape index (κ1) is 18.1. The van der Waals surface area contributed by atoms with Gasteiger partial charge < -0.3 is 4.74 Å². The van der Waals surface area contributed by atoms with Gasteiger partial charge in [0.05, 0.1) is 18.4 Å². The van der Waals surface area contributed by atoms with Gasteiger partial charge >= 0.3 is 5.97 Å². The number of hydrogen-bond donors (Lipinski definition) is 0. The van der Waals surface area contributed by atoms with Gasteiger partial charge in [0.15, 0.2) is 0 Å². The van der Waals surface area contributed by atoms with Crippen LogP contribution in [-0.2, 0) is 19.1 Å². The number of rotatable bonds is 5. The molecule has 1 saturated heterocycles. The summed E-state index contributed by atoms with van der Waals surface area (Å²) in [5, 5.41) is 0. The van der Waals surface area contributed by atoms with Gasteiger partial charge in [0.1, 0.15) is 6.54 Å². The number of imide groups is 1. The lowest BCUT2D eigenvalue weighted by molar-refractivity contribution is -0.153. The van der Waals surface area contributed by atoms with Gasteiger partial charge in [-0.15, -0.1) is 0 Å². The van der Waals surface area contributed by atoms with Crippen molar-refractivity contribution in [2.24, 2.45) is 11.8 Å². The summed E-state index contributed by atoms with van der Waals surface area (Å²) in [6.45, 7) is 2.04. The number of esters is 1. The molecule has 148 valence electrons. The van der Waals surface area contributed by atoms with Crippen molar-refractivity contribution in [1.29, 1.82) is 0 Å². The van der Waals surface area contributed by atoms with E-state index in [1.807, 2.05) is 31.2 Å².